The van der Waals surface area contributed by atoms with Crippen molar-refractivity contribution in [3.05, 3.63) is 38.9 Å². The molecule has 74 valence electrons. The molecule has 0 aliphatic rings. The molecule has 2 aromatic rings. The van der Waals surface area contributed by atoms with Crippen molar-refractivity contribution in [2.45, 2.75) is 0 Å². The molecule has 1 heterocycles. The van der Waals surface area contributed by atoms with Crippen molar-refractivity contribution in [3.63, 3.8) is 0 Å². The predicted octanol–water partition coefficient (Wildman–Crippen LogP) is 3.58. The maximum Gasteiger partial charge on any atom is 0.194 e. The molecule has 0 aliphatic carbocycles. The molecule has 0 amide bonds. The van der Waals surface area contributed by atoms with Gasteiger partial charge in [-0.1, -0.05) is 15.9 Å². The fraction of sp³-hybridized carbons (Fsp3) is 0. The van der Waals surface area contributed by atoms with Crippen LogP contribution in [-0.4, -0.2) is 4.98 Å². The molecular formula is C10H4BrFN2S. The van der Waals surface area contributed by atoms with Gasteiger partial charge in [0.2, 0.25) is 0 Å². The van der Waals surface area contributed by atoms with E-state index in [0.29, 0.717) is 16.3 Å². The van der Waals surface area contributed by atoms with Crippen molar-refractivity contribution in [1.29, 1.82) is 5.26 Å². The fourth-order valence-corrected chi connectivity index (χ4v) is 2.11. The maximum absolute atomic E-state index is 13.4. The second-order valence-electron chi connectivity index (χ2n) is 2.77. The third kappa shape index (κ3) is 2.06. The molecule has 0 aliphatic heterocycles. The number of nitrogens with zero attached hydrogens (tertiary/aromatic N) is 2. The van der Waals surface area contributed by atoms with Crippen LogP contribution >= 0.6 is 27.3 Å². The van der Waals surface area contributed by atoms with Gasteiger partial charge in [0.1, 0.15) is 11.9 Å². The third-order valence-corrected chi connectivity index (χ3v) is 3.04. The van der Waals surface area contributed by atoms with E-state index in [2.05, 4.69) is 20.9 Å². The Morgan fingerprint density at radius 1 is 1.47 bits per heavy atom. The van der Waals surface area contributed by atoms with Crippen LogP contribution in [0.5, 0.6) is 0 Å². The highest BCUT2D eigenvalue weighted by atomic mass is 79.9. The largest absolute Gasteiger partial charge is 0.226 e. The number of hydrogen-bond donors (Lipinski definition) is 0. The number of benzene rings is 1. The van der Waals surface area contributed by atoms with E-state index in [1.165, 1.54) is 17.4 Å². The minimum absolute atomic E-state index is 0.337. The van der Waals surface area contributed by atoms with E-state index < -0.39 is 0 Å². The van der Waals surface area contributed by atoms with Crippen LogP contribution in [0, 0.1) is 17.1 Å². The lowest BCUT2D eigenvalue weighted by molar-refractivity contribution is 0.630. The van der Waals surface area contributed by atoms with Gasteiger partial charge < -0.3 is 0 Å². The maximum atomic E-state index is 13.4. The molecule has 0 fully saturated rings. The lowest BCUT2D eigenvalue weighted by Crippen LogP contribution is -1.84. The van der Waals surface area contributed by atoms with Crippen LogP contribution in [0.2, 0.25) is 0 Å². The summed E-state index contributed by atoms with van der Waals surface area (Å²) in [6.07, 6.45) is 0. The summed E-state index contributed by atoms with van der Waals surface area (Å²) < 4.78 is 14.2. The Balaban J connectivity index is 2.54. The van der Waals surface area contributed by atoms with Gasteiger partial charge in [0.05, 0.1) is 5.69 Å². The Hall–Kier alpha value is -1.25. The van der Waals surface area contributed by atoms with Crippen molar-refractivity contribution in [2.24, 2.45) is 0 Å². The Morgan fingerprint density at radius 3 is 2.93 bits per heavy atom. The van der Waals surface area contributed by atoms with E-state index >= 15 is 0 Å². The first-order valence-electron chi connectivity index (χ1n) is 4.02. The van der Waals surface area contributed by atoms with E-state index in [9.17, 15) is 4.39 Å². The first-order chi connectivity index (χ1) is 7.20. The molecule has 0 atom stereocenters. The monoisotopic (exact) mass is 282 g/mol. The van der Waals surface area contributed by atoms with Crippen LogP contribution in [0.15, 0.2) is 28.1 Å². The van der Waals surface area contributed by atoms with Crippen LogP contribution in [-0.2, 0) is 0 Å². The molecule has 5 heteroatoms. The molecule has 1 aromatic heterocycles. The van der Waals surface area contributed by atoms with Crippen molar-refractivity contribution >= 4 is 27.3 Å². The van der Waals surface area contributed by atoms with Gasteiger partial charge in [0, 0.05) is 15.4 Å². The lowest BCUT2D eigenvalue weighted by Gasteiger charge is -1.99. The predicted molar refractivity (Wildman–Crippen MR) is 59.9 cm³/mol. The molecule has 0 bridgehead atoms. The molecule has 0 N–H and O–H groups in total. The summed E-state index contributed by atoms with van der Waals surface area (Å²) in [4.78, 5) is 4.00. The van der Waals surface area contributed by atoms with Gasteiger partial charge >= 0.3 is 0 Å². The molecule has 1 aromatic carbocycles. The van der Waals surface area contributed by atoms with E-state index in [1.807, 2.05) is 6.07 Å². The van der Waals surface area contributed by atoms with Crippen molar-refractivity contribution in [3.8, 4) is 17.3 Å². The van der Waals surface area contributed by atoms with E-state index in [0.717, 1.165) is 4.47 Å². The highest BCUT2D eigenvalue weighted by Crippen LogP contribution is 2.27. The Bertz CT molecular complexity index is 545. The van der Waals surface area contributed by atoms with Crippen LogP contribution in [0.4, 0.5) is 4.39 Å². The van der Waals surface area contributed by atoms with E-state index in [-0.39, 0.29) is 5.82 Å². The lowest BCUT2D eigenvalue weighted by atomic mass is 10.2. The number of aromatic nitrogens is 1. The minimum atomic E-state index is -0.340. The summed E-state index contributed by atoms with van der Waals surface area (Å²) in [6.45, 7) is 0. The second-order valence-corrected chi connectivity index (χ2v) is 4.55. The Kier molecular flexibility index (Phi) is 2.80. The summed E-state index contributed by atoms with van der Waals surface area (Å²) in [5, 5.41) is 10.6. The van der Waals surface area contributed by atoms with Gasteiger partial charge in [-0.05, 0) is 18.2 Å². The average molecular weight is 283 g/mol. The molecule has 15 heavy (non-hydrogen) atoms. The first kappa shape index (κ1) is 10.3. The van der Waals surface area contributed by atoms with Gasteiger partial charge in [0.25, 0.3) is 0 Å². The standard InChI is InChI=1S/C10H4BrFN2S/c11-6-1-2-8(12)7(3-6)9-5-15-10(4-13)14-9/h1-3,5H. The van der Waals surface area contributed by atoms with Gasteiger partial charge in [-0.2, -0.15) is 5.26 Å². The molecule has 0 radical (unpaired) electrons. The Labute approximate surface area is 98.1 Å². The number of halogens is 2. The third-order valence-electron chi connectivity index (χ3n) is 1.80. The summed E-state index contributed by atoms with van der Waals surface area (Å²) in [6, 6.07) is 6.56. The highest BCUT2D eigenvalue weighted by molar-refractivity contribution is 9.10. The normalized spacial score (nSPS) is 9.93. The second kappa shape index (κ2) is 4.09. The van der Waals surface area contributed by atoms with Gasteiger partial charge in [-0.25, -0.2) is 9.37 Å². The molecule has 2 rings (SSSR count). The zero-order chi connectivity index (χ0) is 10.8. The zero-order valence-electron chi connectivity index (χ0n) is 7.37. The molecule has 0 spiro atoms. The smallest absolute Gasteiger partial charge is 0.194 e. The fourth-order valence-electron chi connectivity index (χ4n) is 1.14. The molecule has 2 nitrogen and oxygen atoms in total. The first-order valence-corrected chi connectivity index (χ1v) is 5.69. The number of hydrogen-bond acceptors (Lipinski definition) is 3. The van der Waals surface area contributed by atoms with Crippen LogP contribution in [0.1, 0.15) is 5.01 Å². The van der Waals surface area contributed by atoms with Gasteiger partial charge in [0.15, 0.2) is 5.01 Å². The summed E-state index contributed by atoms with van der Waals surface area (Å²) in [5.41, 5.74) is 0.900. The summed E-state index contributed by atoms with van der Waals surface area (Å²) in [7, 11) is 0. The SMILES string of the molecule is N#Cc1nc(-c2cc(Br)ccc2F)cs1. The van der Waals surface area contributed by atoms with Crippen LogP contribution in [0.3, 0.4) is 0 Å². The quantitative estimate of drug-likeness (QED) is 0.802. The van der Waals surface area contributed by atoms with E-state index in [4.69, 9.17) is 5.26 Å². The topological polar surface area (TPSA) is 36.7 Å². The molecular weight excluding hydrogens is 279 g/mol. The van der Waals surface area contributed by atoms with Crippen molar-refractivity contribution < 1.29 is 4.39 Å². The minimum Gasteiger partial charge on any atom is -0.226 e. The van der Waals surface area contributed by atoms with E-state index in [1.54, 1.807) is 17.5 Å². The van der Waals surface area contributed by atoms with Crippen molar-refractivity contribution in [1.82, 2.24) is 4.98 Å². The highest BCUT2D eigenvalue weighted by Gasteiger charge is 2.09. The zero-order valence-corrected chi connectivity index (χ0v) is 9.77. The number of rotatable bonds is 1. The summed E-state index contributed by atoms with van der Waals surface area (Å²) >= 11 is 4.47. The Morgan fingerprint density at radius 2 is 2.27 bits per heavy atom. The number of thiazole rings is 1. The van der Waals surface area contributed by atoms with Crippen molar-refractivity contribution in [2.75, 3.05) is 0 Å². The molecule has 0 unspecified atom stereocenters. The van der Waals surface area contributed by atoms with Crippen LogP contribution in [0.25, 0.3) is 11.3 Å². The molecule has 0 saturated carbocycles. The van der Waals surface area contributed by atoms with Gasteiger partial charge in [-0.3, -0.25) is 0 Å². The van der Waals surface area contributed by atoms with Crippen LogP contribution < -0.4 is 0 Å². The van der Waals surface area contributed by atoms with Gasteiger partial charge in [-0.15, -0.1) is 11.3 Å². The molecule has 0 saturated heterocycles. The summed E-state index contributed by atoms with van der Waals surface area (Å²) in [5.74, 6) is -0.340. The average Bonchev–Trinajstić information content (AvgIpc) is 2.70. The number of nitriles is 1.